The third kappa shape index (κ3) is 2.42. The number of benzene rings is 1. The highest BCUT2D eigenvalue weighted by Crippen LogP contribution is 2.23. The first-order valence-corrected chi connectivity index (χ1v) is 5.95. The van der Waals surface area contributed by atoms with Crippen molar-refractivity contribution in [3.8, 4) is 0 Å². The second-order valence-corrected chi connectivity index (χ2v) is 4.30. The van der Waals surface area contributed by atoms with Gasteiger partial charge in [-0.1, -0.05) is 18.2 Å². The molecule has 1 aliphatic rings. The average molecular weight is 234 g/mol. The number of piperazine rings is 1. The van der Waals surface area contributed by atoms with E-state index in [4.69, 9.17) is 5.11 Å². The van der Waals surface area contributed by atoms with Crippen molar-refractivity contribution in [2.45, 2.75) is 19.4 Å². The maximum atomic E-state index is 11.8. The van der Waals surface area contributed by atoms with Crippen molar-refractivity contribution in [1.29, 1.82) is 0 Å². The number of para-hydroxylation sites is 1. The van der Waals surface area contributed by atoms with Gasteiger partial charge >= 0.3 is 0 Å². The molecular formula is C13H18N2O2. The molecule has 2 N–H and O–H groups in total. The number of aliphatic hydroxyl groups excluding tert-OH is 1. The van der Waals surface area contributed by atoms with Gasteiger partial charge in [-0.2, -0.15) is 0 Å². The Morgan fingerprint density at radius 2 is 2.24 bits per heavy atom. The number of rotatable bonds is 3. The minimum atomic E-state index is -0.255. The van der Waals surface area contributed by atoms with Crippen LogP contribution in [-0.2, 0) is 4.79 Å². The summed E-state index contributed by atoms with van der Waals surface area (Å²) in [4.78, 5) is 13.9. The van der Waals surface area contributed by atoms with E-state index in [1.54, 1.807) is 0 Å². The van der Waals surface area contributed by atoms with Crippen LogP contribution in [0.15, 0.2) is 24.3 Å². The van der Waals surface area contributed by atoms with Crippen molar-refractivity contribution in [1.82, 2.24) is 5.32 Å². The zero-order valence-electron chi connectivity index (χ0n) is 10.0. The lowest BCUT2D eigenvalue weighted by Gasteiger charge is -2.37. The lowest BCUT2D eigenvalue weighted by Crippen LogP contribution is -2.56. The zero-order valence-corrected chi connectivity index (χ0v) is 10.0. The van der Waals surface area contributed by atoms with Crippen LogP contribution in [0.2, 0.25) is 0 Å². The maximum Gasteiger partial charge on any atom is 0.242 e. The van der Waals surface area contributed by atoms with Gasteiger partial charge in [0.15, 0.2) is 0 Å². The quantitative estimate of drug-likeness (QED) is 0.808. The number of nitrogens with one attached hydrogen (secondary N) is 1. The first-order valence-electron chi connectivity index (χ1n) is 5.95. The Bertz CT molecular complexity index is 406. The van der Waals surface area contributed by atoms with Crippen LogP contribution >= 0.6 is 0 Å². The molecule has 1 aromatic rings. The van der Waals surface area contributed by atoms with Gasteiger partial charge in [0.05, 0.1) is 0 Å². The Labute approximate surface area is 101 Å². The Morgan fingerprint density at radius 3 is 2.94 bits per heavy atom. The molecule has 1 heterocycles. The fraction of sp³-hybridized carbons (Fsp3) is 0.462. The lowest BCUT2D eigenvalue weighted by atomic mass is 10.1. The van der Waals surface area contributed by atoms with Crippen molar-refractivity contribution < 1.29 is 9.90 Å². The molecule has 2 rings (SSSR count). The summed E-state index contributed by atoms with van der Waals surface area (Å²) in [5, 5.41) is 11.9. The Kier molecular flexibility index (Phi) is 3.64. The molecule has 1 fully saturated rings. The maximum absolute atomic E-state index is 11.8. The fourth-order valence-corrected chi connectivity index (χ4v) is 2.30. The molecule has 1 atom stereocenters. The van der Waals surface area contributed by atoms with Gasteiger partial charge in [-0.3, -0.25) is 4.79 Å². The van der Waals surface area contributed by atoms with Crippen molar-refractivity contribution in [2.75, 3.05) is 24.6 Å². The Hall–Kier alpha value is -1.55. The summed E-state index contributed by atoms with van der Waals surface area (Å²) in [6.07, 6.45) is 0.472. The van der Waals surface area contributed by atoms with Gasteiger partial charge in [0.25, 0.3) is 0 Å². The second kappa shape index (κ2) is 5.19. The molecule has 1 aromatic carbocycles. The molecule has 1 aliphatic heterocycles. The van der Waals surface area contributed by atoms with Crippen molar-refractivity contribution in [3.05, 3.63) is 29.8 Å². The van der Waals surface area contributed by atoms with Crippen LogP contribution in [0.5, 0.6) is 0 Å². The number of amides is 1. The fourth-order valence-electron chi connectivity index (χ4n) is 2.30. The van der Waals surface area contributed by atoms with Gasteiger partial charge in [0.2, 0.25) is 5.91 Å². The minimum absolute atomic E-state index is 0.00792. The van der Waals surface area contributed by atoms with Gasteiger partial charge < -0.3 is 15.3 Å². The summed E-state index contributed by atoms with van der Waals surface area (Å²) in [6, 6.07) is 7.78. The number of anilines is 1. The molecule has 0 radical (unpaired) electrons. The molecule has 0 bridgehead atoms. The normalized spacial score (nSPS) is 20.2. The van der Waals surface area contributed by atoms with Crippen LogP contribution in [-0.4, -0.2) is 36.8 Å². The van der Waals surface area contributed by atoms with Gasteiger partial charge in [-0.15, -0.1) is 0 Å². The monoisotopic (exact) mass is 234 g/mol. The van der Waals surface area contributed by atoms with Crippen LogP contribution in [0.3, 0.4) is 0 Å². The number of aliphatic hydroxyl groups is 1. The number of hydrogen-bond acceptors (Lipinski definition) is 3. The summed E-state index contributed by atoms with van der Waals surface area (Å²) in [6.45, 7) is 3.52. The molecule has 1 saturated heterocycles. The molecule has 92 valence electrons. The van der Waals surface area contributed by atoms with Gasteiger partial charge in [0.1, 0.15) is 6.04 Å². The van der Waals surface area contributed by atoms with E-state index in [0.29, 0.717) is 13.0 Å². The van der Waals surface area contributed by atoms with E-state index < -0.39 is 0 Å². The summed E-state index contributed by atoms with van der Waals surface area (Å²) >= 11 is 0. The third-order valence-corrected chi connectivity index (χ3v) is 3.16. The van der Waals surface area contributed by atoms with E-state index >= 15 is 0 Å². The predicted octanol–water partition coefficient (Wildman–Crippen LogP) is 0.682. The molecular weight excluding hydrogens is 216 g/mol. The zero-order chi connectivity index (χ0) is 12.3. The highest BCUT2D eigenvalue weighted by Gasteiger charge is 2.29. The van der Waals surface area contributed by atoms with E-state index in [0.717, 1.165) is 17.8 Å². The average Bonchev–Trinajstić information content (AvgIpc) is 2.33. The Morgan fingerprint density at radius 1 is 1.47 bits per heavy atom. The smallest absolute Gasteiger partial charge is 0.242 e. The van der Waals surface area contributed by atoms with E-state index in [1.165, 1.54) is 0 Å². The van der Waals surface area contributed by atoms with Crippen LogP contribution < -0.4 is 10.2 Å². The third-order valence-electron chi connectivity index (χ3n) is 3.16. The molecule has 4 heteroatoms. The molecule has 1 amide bonds. The topological polar surface area (TPSA) is 52.6 Å². The standard InChI is InChI=1S/C13H18N2O2/c1-10-4-2-3-5-11(10)15-8-7-14-13(17)12(15)6-9-16/h2-5,12,16H,6-9H2,1H3,(H,14,17). The second-order valence-electron chi connectivity index (χ2n) is 4.30. The van der Waals surface area contributed by atoms with Gasteiger partial charge in [0, 0.05) is 25.4 Å². The van der Waals surface area contributed by atoms with Crippen LogP contribution in [0.25, 0.3) is 0 Å². The summed E-state index contributed by atoms with van der Waals surface area (Å²) < 4.78 is 0. The van der Waals surface area contributed by atoms with Crippen LogP contribution in [0.4, 0.5) is 5.69 Å². The molecule has 0 spiro atoms. The van der Waals surface area contributed by atoms with Crippen LogP contribution in [0, 0.1) is 6.92 Å². The number of aryl methyl sites for hydroxylation is 1. The molecule has 4 nitrogen and oxygen atoms in total. The summed E-state index contributed by atoms with van der Waals surface area (Å²) in [7, 11) is 0. The van der Waals surface area contributed by atoms with Gasteiger partial charge in [-0.25, -0.2) is 0 Å². The number of nitrogens with zero attached hydrogens (tertiary/aromatic N) is 1. The summed E-state index contributed by atoms with van der Waals surface area (Å²) in [5.74, 6) is 0.00792. The van der Waals surface area contributed by atoms with Crippen molar-refractivity contribution in [2.24, 2.45) is 0 Å². The van der Waals surface area contributed by atoms with Crippen molar-refractivity contribution in [3.63, 3.8) is 0 Å². The highest BCUT2D eigenvalue weighted by atomic mass is 16.3. The van der Waals surface area contributed by atoms with E-state index in [9.17, 15) is 4.79 Å². The van der Waals surface area contributed by atoms with Crippen molar-refractivity contribution >= 4 is 11.6 Å². The molecule has 17 heavy (non-hydrogen) atoms. The van der Waals surface area contributed by atoms with E-state index in [-0.39, 0.29) is 18.6 Å². The first kappa shape index (κ1) is 11.9. The largest absolute Gasteiger partial charge is 0.396 e. The van der Waals surface area contributed by atoms with Crippen LogP contribution in [0.1, 0.15) is 12.0 Å². The lowest BCUT2D eigenvalue weighted by molar-refractivity contribution is -0.123. The number of carbonyl (C=O) groups is 1. The number of carbonyl (C=O) groups excluding carboxylic acids is 1. The summed E-state index contributed by atoms with van der Waals surface area (Å²) in [5.41, 5.74) is 2.24. The molecule has 0 aromatic heterocycles. The molecule has 0 saturated carbocycles. The predicted molar refractivity (Wildman–Crippen MR) is 67.0 cm³/mol. The Balaban J connectivity index is 2.28. The SMILES string of the molecule is Cc1ccccc1N1CCNC(=O)C1CCO. The van der Waals surface area contributed by atoms with E-state index in [2.05, 4.69) is 10.2 Å². The highest BCUT2D eigenvalue weighted by molar-refractivity contribution is 5.86. The molecule has 1 unspecified atom stereocenters. The molecule has 0 aliphatic carbocycles. The first-order chi connectivity index (χ1) is 8.24. The minimum Gasteiger partial charge on any atom is -0.396 e. The number of hydrogen-bond donors (Lipinski definition) is 2. The van der Waals surface area contributed by atoms with E-state index in [1.807, 2.05) is 31.2 Å². The van der Waals surface area contributed by atoms with Gasteiger partial charge in [-0.05, 0) is 25.0 Å².